The predicted molar refractivity (Wildman–Crippen MR) is 204 cm³/mol. The summed E-state index contributed by atoms with van der Waals surface area (Å²) >= 11 is 0. The Hall–Kier alpha value is -5.22. The average molecular weight is 759 g/mol. The van der Waals surface area contributed by atoms with Crippen LogP contribution in [0.5, 0.6) is 0 Å². The maximum Gasteiger partial charge on any atom is 0.261 e. The number of nitrogens with two attached hydrogens (primary N) is 1. The molecule has 2 fully saturated rings. The molecule has 54 heavy (non-hydrogen) atoms. The van der Waals surface area contributed by atoms with E-state index < -0.39 is 27.3 Å². The van der Waals surface area contributed by atoms with Crippen molar-refractivity contribution in [3.63, 3.8) is 0 Å². The second-order valence-corrected chi connectivity index (χ2v) is 15.1. The number of ether oxygens (including phenoxy) is 2. The fourth-order valence-corrected chi connectivity index (χ4v) is 6.56. The summed E-state index contributed by atoms with van der Waals surface area (Å²) in [5.74, 6) is -0.666. The third-order valence-electron chi connectivity index (χ3n) is 9.43. The van der Waals surface area contributed by atoms with Gasteiger partial charge < -0.3 is 25.1 Å². The predicted octanol–water partition coefficient (Wildman–Crippen LogP) is 6.00. The third kappa shape index (κ3) is 9.85. The summed E-state index contributed by atoms with van der Waals surface area (Å²) in [6.45, 7) is 5.43. The summed E-state index contributed by atoms with van der Waals surface area (Å²) in [5.41, 5.74) is 10.5. The van der Waals surface area contributed by atoms with Crippen LogP contribution < -0.4 is 16.5 Å². The molecule has 15 heteroatoms. The summed E-state index contributed by atoms with van der Waals surface area (Å²) in [6.07, 6.45) is 13.1. The van der Waals surface area contributed by atoms with Gasteiger partial charge in [0.25, 0.3) is 16.0 Å². The number of nitrogens with one attached hydrogen (secondary N) is 1. The Kier molecular flexibility index (Phi) is 12.0. The Morgan fingerprint density at radius 2 is 1.57 bits per heavy atom. The zero-order valence-electron chi connectivity index (χ0n) is 30.1. The molecule has 2 aromatic carbocycles. The Labute approximate surface area is 312 Å². The van der Waals surface area contributed by atoms with E-state index in [-0.39, 0.29) is 28.7 Å². The number of anilines is 2. The molecule has 2 aliphatic heterocycles. The van der Waals surface area contributed by atoms with Gasteiger partial charge in [0.15, 0.2) is 0 Å². The van der Waals surface area contributed by atoms with E-state index in [2.05, 4.69) is 15.4 Å². The van der Waals surface area contributed by atoms with E-state index in [4.69, 9.17) is 19.8 Å². The summed E-state index contributed by atoms with van der Waals surface area (Å²) < 4.78 is 56.5. The number of nitrogens with zero attached hydrogens (tertiary/aromatic N) is 4. The number of carbonyl (C=O) groups excluding carboxylic acids is 1. The molecule has 1 amide bonds. The van der Waals surface area contributed by atoms with Crippen LogP contribution in [-0.4, -0.2) is 70.9 Å². The van der Waals surface area contributed by atoms with Gasteiger partial charge in [-0.2, -0.15) is 13.5 Å². The highest BCUT2D eigenvalue weighted by Crippen LogP contribution is 2.33. The molecule has 0 atom stereocenters. The van der Waals surface area contributed by atoms with Gasteiger partial charge in [-0.05, 0) is 68.4 Å². The average Bonchev–Trinajstić information content (AvgIpc) is 3.64. The third-order valence-corrected chi connectivity index (χ3v) is 9.43. The molecule has 0 unspecified atom stereocenters. The van der Waals surface area contributed by atoms with E-state index in [1.54, 1.807) is 36.8 Å². The summed E-state index contributed by atoms with van der Waals surface area (Å²) in [4.78, 5) is 31.7. The van der Waals surface area contributed by atoms with Gasteiger partial charge in [-0.25, -0.2) is 9.37 Å². The van der Waals surface area contributed by atoms with Crippen LogP contribution in [0.4, 0.5) is 15.9 Å². The van der Waals surface area contributed by atoms with Gasteiger partial charge in [0, 0.05) is 91.3 Å². The van der Waals surface area contributed by atoms with Crippen molar-refractivity contribution >= 4 is 27.5 Å². The van der Waals surface area contributed by atoms with Gasteiger partial charge in [-0.1, -0.05) is 29.8 Å². The number of pyridine rings is 2. The van der Waals surface area contributed by atoms with Crippen LogP contribution in [0.15, 0.2) is 84.3 Å². The molecule has 5 aromatic rings. The first-order chi connectivity index (χ1) is 25.8. The van der Waals surface area contributed by atoms with Crippen molar-refractivity contribution < 1.29 is 31.6 Å². The van der Waals surface area contributed by atoms with E-state index >= 15 is 4.39 Å². The Balaban J connectivity index is 0.000000934. The Morgan fingerprint density at radius 3 is 2.24 bits per heavy atom. The highest BCUT2D eigenvalue weighted by atomic mass is 32.2. The first-order valence-corrected chi connectivity index (χ1v) is 19.5. The largest absolute Gasteiger partial charge is 0.383 e. The number of hydrogen-bond donors (Lipinski definition) is 3. The fraction of sp³-hybridized carbons (Fsp3) is 0.333. The molecule has 3 aromatic heterocycles. The quantitative estimate of drug-likeness (QED) is 0.159. The van der Waals surface area contributed by atoms with Gasteiger partial charge in [0.1, 0.15) is 17.2 Å². The van der Waals surface area contributed by atoms with E-state index in [1.165, 1.54) is 6.07 Å². The molecule has 0 spiro atoms. The van der Waals surface area contributed by atoms with Crippen LogP contribution in [0.25, 0.3) is 33.4 Å². The van der Waals surface area contributed by atoms with E-state index in [0.29, 0.717) is 56.3 Å². The van der Waals surface area contributed by atoms with Crippen molar-refractivity contribution in [2.75, 3.05) is 43.7 Å². The molecule has 284 valence electrons. The lowest BCUT2D eigenvalue weighted by Crippen LogP contribution is -2.26. The van der Waals surface area contributed by atoms with Crippen LogP contribution in [0.3, 0.4) is 0 Å². The number of hydrogen-bond acceptors (Lipinski definition) is 9. The van der Waals surface area contributed by atoms with E-state index in [0.717, 1.165) is 47.9 Å². The molecule has 4 N–H and O–H groups in total. The Bertz CT molecular complexity index is 2270. The van der Waals surface area contributed by atoms with Gasteiger partial charge in [-0.15, -0.1) is 0 Å². The number of rotatable bonds is 8. The zero-order chi connectivity index (χ0) is 38.4. The SMILES string of the molecule is CS(=O)(=O)O.Cc1ccc(-c2cn(CC3CCOCC3)cc(C(=O)Nc3ccc(-c4cc(-c5cnn(C6CCOCC6)c5)cnc4N)c(F)c3)c2=O)cc1. The molecular formula is C39H43FN6O7S. The number of halogens is 1. The minimum Gasteiger partial charge on any atom is -0.383 e. The molecule has 2 saturated heterocycles. The van der Waals surface area contributed by atoms with E-state index in [1.807, 2.05) is 52.8 Å². The van der Waals surface area contributed by atoms with Gasteiger partial charge >= 0.3 is 0 Å². The van der Waals surface area contributed by atoms with Crippen molar-refractivity contribution in [1.82, 2.24) is 19.3 Å². The van der Waals surface area contributed by atoms with Gasteiger partial charge in [0.2, 0.25) is 5.43 Å². The highest BCUT2D eigenvalue weighted by molar-refractivity contribution is 7.85. The van der Waals surface area contributed by atoms with Crippen molar-refractivity contribution in [3.05, 3.63) is 107 Å². The fourth-order valence-electron chi connectivity index (χ4n) is 6.56. The first-order valence-electron chi connectivity index (χ1n) is 17.6. The number of aromatic nitrogens is 4. The Morgan fingerprint density at radius 1 is 0.907 bits per heavy atom. The van der Waals surface area contributed by atoms with Crippen LogP contribution >= 0.6 is 0 Å². The lowest BCUT2D eigenvalue weighted by atomic mass is 9.99. The molecule has 0 radical (unpaired) electrons. The number of aryl methyl sites for hydroxylation is 1. The smallest absolute Gasteiger partial charge is 0.261 e. The lowest BCUT2D eigenvalue weighted by Gasteiger charge is -2.23. The molecule has 0 aliphatic carbocycles. The summed E-state index contributed by atoms with van der Waals surface area (Å²) in [7, 11) is -3.67. The first kappa shape index (κ1) is 38.5. The minimum absolute atomic E-state index is 0.0166. The molecule has 0 saturated carbocycles. The zero-order valence-corrected chi connectivity index (χ0v) is 30.9. The van der Waals surface area contributed by atoms with Crippen molar-refractivity contribution in [1.29, 1.82) is 0 Å². The van der Waals surface area contributed by atoms with Crippen molar-refractivity contribution in [3.8, 4) is 33.4 Å². The standard InChI is InChI=1S/C38H39FN6O4.CH4O3S/c1-24-2-4-26(5-3-24)33-22-44(20-25-8-12-48-13-9-25)23-34(36(33)46)38(47)43-29-6-7-31(35(39)17-29)32-16-27(18-41-37(32)40)28-19-42-45(21-28)30-10-14-49-15-11-30;1-5(2,3)4/h2-7,16-19,21-23,25,30H,8-15,20H2,1H3,(H2,40,41)(H,43,47);1H3,(H,2,3,4). The topological polar surface area (TPSA) is 181 Å². The molecule has 7 rings (SSSR count). The number of carbonyl (C=O) groups is 1. The number of nitrogen functional groups attached to an aromatic ring is 1. The summed E-state index contributed by atoms with van der Waals surface area (Å²) in [6, 6.07) is 14.1. The van der Waals surface area contributed by atoms with Gasteiger partial charge in [-0.3, -0.25) is 18.8 Å². The molecular weight excluding hydrogens is 716 g/mol. The summed E-state index contributed by atoms with van der Waals surface area (Å²) in [5, 5.41) is 7.29. The molecule has 5 heterocycles. The van der Waals surface area contributed by atoms with Crippen molar-refractivity contribution in [2.45, 2.75) is 45.2 Å². The highest BCUT2D eigenvalue weighted by Gasteiger charge is 2.21. The second kappa shape index (κ2) is 16.8. The molecule has 2 aliphatic rings. The molecule has 13 nitrogen and oxygen atoms in total. The minimum atomic E-state index is -3.67. The van der Waals surface area contributed by atoms with Crippen LogP contribution in [0, 0.1) is 18.7 Å². The van der Waals surface area contributed by atoms with E-state index in [9.17, 15) is 18.0 Å². The molecule has 0 bridgehead atoms. The van der Waals surface area contributed by atoms with Gasteiger partial charge in [0.05, 0.1) is 18.5 Å². The normalized spacial score (nSPS) is 15.3. The number of amides is 1. The lowest BCUT2D eigenvalue weighted by molar-refractivity contribution is 0.0612. The maximum absolute atomic E-state index is 15.7. The maximum atomic E-state index is 15.7. The monoisotopic (exact) mass is 758 g/mol. The van der Waals surface area contributed by atoms with Crippen LogP contribution in [-0.2, 0) is 26.1 Å². The van der Waals surface area contributed by atoms with Crippen molar-refractivity contribution in [2.24, 2.45) is 5.92 Å². The van der Waals surface area contributed by atoms with Crippen LogP contribution in [0.2, 0.25) is 0 Å². The number of benzene rings is 2. The second-order valence-electron chi connectivity index (χ2n) is 13.6. The van der Waals surface area contributed by atoms with Crippen LogP contribution in [0.1, 0.15) is 47.6 Å².